The van der Waals surface area contributed by atoms with Gasteiger partial charge in [-0.25, -0.2) is 0 Å². The standard InChI is InChI=1S/C14H22OSi/c1-3-14(4-2,15-16)12-8-11-13-9-6-5-7-10-13/h5-11H,3-4,12H2,1-2,16H3. The van der Waals surface area contributed by atoms with Crippen molar-refractivity contribution in [1.29, 1.82) is 0 Å². The van der Waals surface area contributed by atoms with E-state index in [1.807, 2.05) is 6.07 Å². The van der Waals surface area contributed by atoms with Gasteiger partial charge in [-0.3, -0.25) is 0 Å². The van der Waals surface area contributed by atoms with E-state index in [1.54, 1.807) is 0 Å². The highest BCUT2D eigenvalue weighted by Gasteiger charge is 2.22. The molecule has 2 heteroatoms. The molecular formula is C14H22OSi. The summed E-state index contributed by atoms with van der Waals surface area (Å²) in [5.74, 6) is 0. The van der Waals surface area contributed by atoms with Crippen molar-refractivity contribution >= 4 is 16.6 Å². The molecule has 0 unspecified atom stereocenters. The van der Waals surface area contributed by atoms with Crippen molar-refractivity contribution in [2.45, 2.75) is 38.7 Å². The molecule has 1 rings (SSSR count). The first-order valence-corrected chi connectivity index (χ1v) is 6.84. The normalized spacial score (nSPS) is 12.4. The lowest BCUT2D eigenvalue weighted by Crippen LogP contribution is -2.29. The molecule has 0 atom stereocenters. The number of hydrogen-bond donors (Lipinski definition) is 0. The lowest BCUT2D eigenvalue weighted by atomic mass is 9.93. The fraction of sp³-hybridized carbons (Fsp3) is 0.429. The lowest BCUT2D eigenvalue weighted by molar-refractivity contribution is 0.0745. The van der Waals surface area contributed by atoms with E-state index in [0.29, 0.717) is 0 Å². The molecule has 88 valence electrons. The van der Waals surface area contributed by atoms with Crippen LogP contribution in [-0.4, -0.2) is 16.1 Å². The molecule has 1 nitrogen and oxygen atoms in total. The van der Waals surface area contributed by atoms with E-state index in [4.69, 9.17) is 4.43 Å². The molecule has 0 aliphatic heterocycles. The summed E-state index contributed by atoms with van der Waals surface area (Å²) in [6, 6.07) is 10.4. The van der Waals surface area contributed by atoms with E-state index in [1.165, 1.54) is 5.56 Å². The summed E-state index contributed by atoms with van der Waals surface area (Å²) in [7, 11) is 0.818. The Labute approximate surface area is 102 Å². The van der Waals surface area contributed by atoms with E-state index < -0.39 is 0 Å². The molecule has 1 aromatic rings. The van der Waals surface area contributed by atoms with Gasteiger partial charge in [0.2, 0.25) is 0 Å². The van der Waals surface area contributed by atoms with Gasteiger partial charge < -0.3 is 4.43 Å². The molecule has 0 bridgehead atoms. The maximum Gasteiger partial charge on any atom is 0.146 e. The molecule has 0 spiro atoms. The van der Waals surface area contributed by atoms with E-state index in [-0.39, 0.29) is 5.60 Å². The molecule has 0 fully saturated rings. The molecule has 0 aliphatic rings. The number of hydrogen-bond acceptors (Lipinski definition) is 1. The van der Waals surface area contributed by atoms with Crippen LogP contribution >= 0.6 is 0 Å². The Morgan fingerprint density at radius 2 is 1.81 bits per heavy atom. The molecule has 0 saturated carbocycles. The third kappa shape index (κ3) is 3.61. The lowest BCUT2D eigenvalue weighted by Gasteiger charge is -2.29. The first-order chi connectivity index (χ1) is 7.76. The predicted octanol–water partition coefficient (Wildman–Crippen LogP) is 2.95. The predicted molar refractivity (Wildman–Crippen MR) is 74.4 cm³/mol. The van der Waals surface area contributed by atoms with Crippen molar-refractivity contribution in [3.05, 3.63) is 42.0 Å². The van der Waals surface area contributed by atoms with Crippen LogP contribution in [0, 0.1) is 0 Å². The summed E-state index contributed by atoms with van der Waals surface area (Å²) in [5, 5.41) is 0. The Bertz CT molecular complexity index is 307. The summed E-state index contributed by atoms with van der Waals surface area (Å²) in [5.41, 5.74) is 1.34. The Kier molecular flexibility index (Phi) is 5.50. The minimum Gasteiger partial charge on any atom is -0.422 e. The van der Waals surface area contributed by atoms with Gasteiger partial charge in [-0.2, -0.15) is 0 Å². The number of rotatable bonds is 6. The smallest absolute Gasteiger partial charge is 0.146 e. The van der Waals surface area contributed by atoms with E-state index in [0.717, 1.165) is 29.7 Å². The molecule has 0 aliphatic carbocycles. The fourth-order valence-electron chi connectivity index (χ4n) is 1.88. The third-order valence-corrected chi connectivity index (χ3v) is 4.19. The first kappa shape index (κ1) is 13.2. The highest BCUT2D eigenvalue weighted by molar-refractivity contribution is 5.98. The number of benzene rings is 1. The Morgan fingerprint density at radius 1 is 1.19 bits per heavy atom. The average molecular weight is 234 g/mol. The Hall–Kier alpha value is -0.863. The third-order valence-electron chi connectivity index (χ3n) is 3.32. The van der Waals surface area contributed by atoms with Crippen LogP contribution in [0.3, 0.4) is 0 Å². The fourth-order valence-corrected chi connectivity index (χ4v) is 2.63. The largest absolute Gasteiger partial charge is 0.422 e. The zero-order chi connectivity index (χ0) is 11.9. The van der Waals surface area contributed by atoms with Gasteiger partial charge in [0.15, 0.2) is 0 Å². The van der Waals surface area contributed by atoms with Gasteiger partial charge in [-0.1, -0.05) is 56.3 Å². The van der Waals surface area contributed by atoms with Crippen LogP contribution in [-0.2, 0) is 4.43 Å². The van der Waals surface area contributed by atoms with Crippen LogP contribution < -0.4 is 0 Å². The molecule has 0 heterocycles. The molecule has 0 radical (unpaired) electrons. The Morgan fingerprint density at radius 3 is 2.31 bits per heavy atom. The molecule has 0 aromatic heterocycles. The maximum absolute atomic E-state index is 5.76. The molecule has 0 amide bonds. The summed E-state index contributed by atoms with van der Waals surface area (Å²) >= 11 is 0. The van der Waals surface area contributed by atoms with Gasteiger partial charge in [0.1, 0.15) is 10.5 Å². The van der Waals surface area contributed by atoms with Crippen molar-refractivity contribution in [3.63, 3.8) is 0 Å². The molecule has 16 heavy (non-hydrogen) atoms. The average Bonchev–Trinajstić information content (AvgIpc) is 2.37. The second kappa shape index (κ2) is 6.66. The zero-order valence-electron chi connectivity index (χ0n) is 10.6. The van der Waals surface area contributed by atoms with Crippen LogP contribution in [0.25, 0.3) is 6.08 Å². The maximum atomic E-state index is 5.76. The van der Waals surface area contributed by atoms with Gasteiger partial charge in [-0.15, -0.1) is 0 Å². The second-order valence-electron chi connectivity index (χ2n) is 4.11. The molecule has 1 aromatic carbocycles. The van der Waals surface area contributed by atoms with Crippen LogP contribution in [0.2, 0.25) is 0 Å². The minimum atomic E-state index is 0.0809. The Balaban J connectivity index is 2.59. The molecule has 0 N–H and O–H groups in total. The SMILES string of the molecule is CCC(CC)(CC=Cc1ccccc1)O[SiH3]. The van der Waals surface area contributed by atoms with E-state index in [2.05, 4.69) is 50.3 Å². The van der Waals surface area contributed by atoms with Crippen molar-refractivity contribution < 1.29 is 4.43 Å². The van der Waals surface area contributed by atoms with E-state index >= 15 is 0 Å². The second-order valence-corrected chi connectivity index (χ2v) is 4.52. The van der Waals surface area contributed by atoms with Crippen LogP contribution in [0.15, 0.2) is 36.4 Å². The quantitative estimate of drug-likeness (QED) is 0.688. The van der Waals surface area contributed by atoms with Crippen molar-refractivity contribution in [2.75, 3.05) is 0 Å². The van der Waals surface area contributed by atoms with Gasteiger partial charge in [0.25, 0.3) is 0 Å². The molecule has 0 saturated heterocycles. The zero-order valence-corrected chi connectivity index (χ0v) is 12.6. The first-order valence-electron chi connectivity index (χ1n) is 6.03. The van der Waals surface area contributed by atoms with Crippen LogP contribution in [0.5, 0.6) is 0 Å². The monoisotopic (exact) mass is 234 g/mol. The summed E-state index contributed by atoms with van der Waals surface area (Å²) in [4.78, 5) is 0. The summed E-state index contributed by atoms with van der Waals surface area (Å²) in [6.07, 6.45) is 7.61. The van der Waals surface area contributed by atoms with E-state index in [9.17, 15) is 0 Å². The summed E-state index contributed by atoms with van der Waals surface area (Å²) < 4.78 is 5.76. The topological polar surface area (TPSA) is 9.23 Å². The molecular weight excluding hydrogens is 212 g/mol. The minimum absolute atomic E-state index is 0.0809. The highest BCUT2D eigenvalue weighted by Crippen LogP contribution is 2.24. The van der Waals surface area contributed by atoms with Gasteiger partial charge in [0, 0.05) is 0 Å². The van der Waals surface area contributed by atoms with Gasteiger partial charge >= 0.3 is 0 Å². The summed E-state index contributed by atoms with van der Waals surface area (Å²) in [6.45, 7) is 4.41. The highest BCUT2D eigenvalue weighted by atomic mass is 28.2. The van der Waals surface area contributed by atoms with Crippen molar-refractivity contribution in [3.8, 4) is 0 Å². The van der Waals surface area contributed by atoms with Gasteiger partial charge in [0.05, 0.1) is 5.60 Å². The van der Waals surface area contributed by atoms with Crippen molar-refractivity contribution in [2.24, 2.45) is 0 Å². The van der Waals surface area contributed by atoms with Crippen LogP contribution in [0.1, 0.15) is 38.7 Å². The van der Waals surface area contributed by atoms with Crippen molar-refractivity contribution in [1.82, 2.24) is 0 Å². The van der Waals surface area contributed by atoms with Crippen LogP contribution in [0.4, 0.5) is 0 Å². The van der Waals surface area contributed by atoms with Gasteiger partial charge in [-0.05, 0) is 24.8 Å².